The van der Waals surface area contributed by atoms with Crippen LogP contribution in [-0.2, 0) is 0 Å². The van der Waals surface area contributed by atoms with Crippen molar-refractivity contribution in [2.75, 3.05) is 17.2 Å². The smallest absolute Gasteiger partial charge is 0.242 e. The first-order valence-electron chi connectivity index (χ1n) is 7.19. The number of ether oxygens (including phenoxy) is 1. The molecule has 1 aromatic heterocycles. The molecule has 2 fully saturated rings. The Bertz CT molecular complexity index is 455. The summed E-state index contributed by atoms with van der Waals surface area (Å²) in [6.07, 6.45) is 6.80. The van der Waals surface area contributed by atoms with Gasteiger partial charge in [-0.1, -0.05) is 0 Å². The van der Waals surface area contributed by atoms with E-state index in [0.29, 0.717) is 17.6 Å². The monoisotopic (exact) mass is 262 g/mol. The first-order chi connectivity index (χ1) is 9.15. The van der Waals surface area contributed by atoms with Crippen molar-refractivity contribution in [3.63, 3.8) is 0 Å². The van der Waals surface area contributed by atoms with E-state index < -0.39 is 0 Å². The zero-order chi connectivity index (χ0) is 13.4. The van der Waals surface area contributed by atoms with E-state index in [1.54, 1.807) is 6.33 Å². The van der Waals surface area contributed by atoms with Crippen LogP contribution >= 0.6 is 0 Å². The maximum Gasteiger partial charge on any atom is 0.242 e. The topological polar surface area (TPSA) is 64.3 Å². The van der Waals surface area contributed by atoms with Crippen molar-refractivity contribution in [1.29, 1.82) is 0 Å². The van der Waals surface area contributed by atoms with Crippen LogP contribution in [0.2, 0.25) is 0 Å². The van der Waals surface area contributed by atoms with Gasteiger partial charge in [0.05, 0.1) is 6.10 Å². The van der Waals surface area contributed by atoms with Crippen molar-refractivity contribution < 1.29 is 4.74 Å². The minimum Gasteiger partial charge on any atom is -0.473 e. The summed E-state index contributed by atoms with van der Waals surface area (Å²) in [4.78, 5) is 10.9. The molecular formula is C14H22N4O. The lowest BCUT2D eigenvalue weighted by Crippen LogP contribution is -2.30. The van der Waals surface area contributed by atoms with Crippen LogP contribution < -0.4 is 15.4 Å². The third kappa shape index (κ3) is 2.91. The van der Waals surface area contributed by atoms with E-state index >= 15 is 0 Å². The zero-order valence-corrected chi connectivity index (χ0v) is 11.7. The van der Waals surface area contributed by atoms with Crippen LogP contribution in [-0.4, -0.2) is 28.7 Å². The van der Waals surface area contributed by atoms with E-state index in [1.807, 2.05) is 13.8 Å². The highest BCUT2D eigenvalue weighted by Crippen LogP contribution is 2.40. The van der Waals surface area contributed by atoms with E-state index in [9.17, 15) is 0 Å². The molecule has 0 aliphatic heterocycles. The predicted octanol–water partition coefficient (Wildman–Crippen LogP) is 2.22. The molecule has 0 amide bonds. The molecule has 0 atom stereocenters. The summed E-state index contributed by atoms with van der Waals surface area (Å²) < 4.78 is 5.65. The van der Waals surface area contributed by atoms with E-state index in [1.165, 1.54) is 25.7 Å². The van der Waals surface area contributed by atoms with E-state index in [-0.39, 0.29) is 6.10 Å². The molecule has 0 spiro atoms. The Hall–Kier alpha value is -1.52. The van der Waals surface area contributed by atoms with Gasteiger partial charge in [0.1, 0.15) is 12.0 Å². The third-order valence-corrected chi connectivity index (χ3v) is 3.59. The fraction of sp³-hybridized carbons (Fsp3) is 0.714. The molecule has 1 aromatic rings. The number of hydrogen-bond donors (Lipinski definition) is 1. The Labute approximate surface area is 114 Å². The highest BCUT2D eigenvalue weighted by Gasteiger charge is 2.35. The van der Waals surface area contributed by atoms with Crippen LogP contribution in [0.1, 0.15) is 39.5 Å². The molecule has 2 N–H and O–H groups in total. The molecule has 2 aliphatic rings. The van der Waals surface area contributed by atoms with Gasteiger partial charge in [-0.2, -0.15) is 4.98 Å². The third-order valence-electron chi connectivity index (χ3n) is 3.59. The number of nitrogen functional groups attached to an aromatic ring is 1. The summed E-state index contributed by atoms with van der Waals surface area (Å²) in [5.41, 5.74) is 6.79. The van der Waals surface area contributed by atoms with Crippen LogP contribution in [0, 0.1) is 5.92 Å². The first-order valence-corrected chi connectivity index (χ1v) is 7.19. The fourth-order valence-corrected chi connectivity index (χ4v) is 2.29. The average molecular weight is 262 g/mol. The summed E-state index contributed by atoms with van der Waals surface area (Å²) in [7, 11) is 0. The molecule has 1 heterocycles. The van der Waals surface area contributed by atoms with Gasteiger partial charge in [0.25, 0.3) is 0 Å². The minimum atomic E-state index is 0.0721. The zero-order valence-electron chi connectivity index (χ0n) is 11.7. The molecular weight excluding hydrogens is 240 g/mol. The van der Waals surface area contributed by atoms with Crippen LogP contribution in [0.3, 0.4) is 0 Å². The van der Waals surface area contributed by atoms with Crippen molar-refractivity contribution in [2.24, 2.45) is 5.92 Å². The van der Waals surface area contributed by atoms with Crippen LogP contribution in [0.15, 0.2) is 6.33 Å². The summed E-state index contributed by atoms with van der Waals surface area (Å²) >= 11 is 0. The number of nitrogens with two attached hydrogens (primary N) is 1. The molecule has 104 valence electrons. The molecule has 0 radical (unpaired) electrons. The Morgan fingerprint density at radius 1 is 1.32 bits per heavy atom. The van der Waals surface area contributed by atoms with Gasteiger partial charge >= 0.3 is 0 Å². The van der Waals surface area contributed by atoms with Crippen molar-refractivity contribution >= 4 is 11.5 Å². The standard InChI is InChI=1S/C14H22N4O/c1-9(2)19-14-12(15)13(16-8-17-14)18(11-5-6-11)7-10-3-4-10/h8-11H,3-7,15H2,1-2H3. The maximum absolute atomic E-state index is 6.20. The highest BCUT2D eigenvalue weighted by atomic mass is 16.5. The van der Waals surface area contributed by atoms with Gasteiger partial charge < -0.3 is 15.4 Å². The second-order valence-corrected chi connectivity index (χ2v) is 5.91. The quantitative estimate of drug-likeness (QED) is 0.851. The minimum absolute atomic E-state index is 0.0721. The molecule has 3 rings (SSSR count). The number of nitrogens with zero attached hydrogens (tertiary/aromatic N) is 3. The molecule has 0 saturated heterocycles. The Morgan fingerprint density at radius 3 is 2.63 bits per heavy atom. The SMILES string of the molecule is CC(C)Oc1ncnc(N(CC2CC2)C2CC2)c1N. The second-order valence-electron chi connectivity index (χ2n) is 5.91. The Morgan fingerprint density at radius 2 is 2.05 bits per heavy atom. The Kier molecular flexibility index (Phi) is 3.21. The van der Waals surface area contributed by atoms with Gasteiger partial charge in [-0.25, -0.2) is 4.98 Å². The molecule has 0 aromatic carbocycles. The lowest BCUT2D eigenvalue weighted by Gasteiger charge is -2.25. The van der Waals surface area contributed by atoms with Crippen molar-refractivity contribution in [2.45, 2.75) is 51.7 Å². The lowest BCUT2D eigenvalue weighted by atomic mass is 10.3. The van der Waals surface area contributed by atoms with Gasteiger partial charge in [0.2, 0.25) is 5.88 Å². The summed E-state index contributed by atoms with van der Waals surface area (Å²) in [5.74, 6) is 2.20. The Balaban J connectivity index is 1.84. The normalized spacial score (nSPS) is 18.7. The van der Waals surface area contributed by atoms with Gasteiger partial charge in [-0.05, 0) is 45.4 Å². The molecule has 0 bridgehead atoms. The summed E-state index contributed by atoms with van der Waals surface area (Å²) in [5, 5.41) is 0. The van der Waals surface area contributed by atoms with E-state index in [4.69, 9.17) is 10.5 Å². The molecule has 5 nitrogen and oxygen atoms in total. The van der Waals surface area contributed by atoms with Crippen molar-refractivity contribution in [3.05, 3.63) is 6.33 Å². The highest BCUT2D eigenvalue weighted by molar-refractivity contribution is 5.68. The summed E-state index contributed by atoms with van der Waals surface area (Å²) in [6, 6.07) is 0.615. The molecule has 2 aliphatic carbocycles. The predicted molar refractivity (Wildman–Crippen MR) is 75.3 cm³/mol. The van der Waals surface area contributed by atoms with Gasteiger partial charge in [0, 0.05) is 12.6 Å². The molecule has 5 heteroatoms. The molecule has 2 saturated carbocycles. The molecule has 19 heavy (non-hydrogen) atoms. The van der Waals surface area contributed by atoms with Crippen molar-refractivity contribution in [1.82, 2.24) is 9.97 Å². The van der Waals surface area contributed by atoms with Crippen molar-refractivity contribution in [3.8, 4) is 5.88 Å². The maximum atomic E-state index is 6.20. The number of aromatic nitrogens is 2. The second kappa shape index (κ2) is 4.87. The van der Waals surface area contributed by atoms with E-state index in [0.717, 1.165) is 18.3 Å². The first kappa shape index (κ1) is 12.5. The van der Waals surface area contributed by atoms with Crippen LogP contribution in [0.4, 0.5) is 11.5 Å². The summed E-state index contributed by atoms with van der Waals surface area (Å²) in [6.45, 7) is 5.03. The average Bonchev–Trinajstić information content (AvgIpc) is 3.23. The number of rotatable bonds is 6. The van der Waals surface area contributed by atoms with Gasteiger partial charge in [-0.15, -0.1) is 0 Å². The van der Waals surface area contributed by atoms with E-state index in [2.05, 4.69) is 14.9 Å². The number of anilines is 2. The van der Waals surface area contributed by atoms with Gasteiger partial charge in [0.15, 0.2) is 5.82 Å². The largest absolute Gasteiger partial charge is 0.473 e. The number of hydrogen-bond acceptors (Lipinski definition) is 5. The lowest BCUT2D eigenvalue weighted by molar-refractivity contribution is 0.234. The van der Waals surface area contributed by atoms with Gasteiger partial charge in [-0.3, -0.25) is 0 Å². The fourth-order valence-electron chi connectivity index (χ4n) is 2.29. The van der Waals surface area contributed by atoms with Crippen LogP contribution in [0.25, 0.3) is 0 Å². The van der Waals surface area contributed by atoms with Crippen LogP contribution in [0.5, 0.6) is 5.88 Å². The molecule has 0 unspecified atom stereocenters.